The van der Waals surface area contributed by atoms with Crippen LogP contribution in [0.4, 0.5) is 0 Å². The van der Waals surface area contributed by atoms with E-state index in [-0.39, 0.29) is 0 Å². The van der Waals surface area contributed by atoms with E-state index in [0.29, 0.717) is 12.0 Å². The monoisotopic (exact) mass is 265 g/mol. The molecule has 19 heavy (non-hydrogen) atoms. The molecule has 106 valence electrons. The number of hydrogen-bond acceptors (Lipinski definition) is 4. The van der Waals surface area contributed by atoms with Gasteiger partial charge in [0.05, 0.1) is 20.8 Å². The number of nitrogens with one attached hydrogen (secondary N) is 1. The minimum Gasteiger partial charge on any atom is -0.493 e. The fourth-order valence-corrected chi connectivity index (χ4v) is 2.33. The van der Waals surface area contributed by atoms with Crippen LogP contribution < -0.4 is 14.8 Å². The molecule has 0 saturated carbocycles. The molecule has 1 aromatic carbocycles. The van der Waals surface area contributed by atoms with Crippen LogP contribution in [0, 0.1) is 5.92 Å². The van der Waals surface area contributed by atoms with E-state index in [9.17, 15) is 0 Å². The molecule has 1 heterocycles. The molecule has 2 unspecified atom stereocenters. The van der Waals surface area contributed by atoms with Crippen molar-refractivity contribution in [2.24, 2.45) is 5.92 Å². The van der Waals surface area contributed by atoms with Crippen molar-refractivity contribution in [1.82, 2.24) is 5.32 Å². The van der Waals surface area contributed by atoms with Gasteiger partial charge in [0.15, 0.2) is 11.5 Å². The molecule has 1 fully saturated rings. The third-order valence-electron chi connectivity index (χ3n) is 3.64. The van der Waals surface area contributed by atoms with Gasteiger partial charge in [-0.1, -0.05) is 6.07 Å². The van der Waals surface area contributed by atoms with Crippen molar-refractivity contribution >= 4 is 0 Å². The van der Waals surface area contributed by atoms with E-state index < -0.39 is 0 Å². The SMILES string of the molecule is COc1ccc(C(C)NCC2CCOC2)cc1OC. The van der Waals surface area contributed by atoms with Crippen molar-refractivity contribution in [2.45, 2.75) is 19.4 Å². The molecule has 4 heteroatoms. The highest BCUT2D eigenvalue weighted by Gasteiger charge is 2.17. The first-order valence-corrected chi connectivity index (χ1v) is 6.77. The maximum absolute atomic E-state index is 5.39. The Balaban J connectivity index is 1.95. The minimum absolute atomic E-state index is 0.292. The molecule has 0 bridgehead atoms. The standard InChI is InChI=1S/C15H23NO3/c1-11(16-9-12-6-7-19-10-12)13-4-5-14(17-2)15(8-13)18-3/h4-5,8,11-12,16H,6-7,9-10H2,1-3H3. The van der Waals surface area contributed by atoms with E-state index in [0.717, 1.165) is 37.7 Å². The second-order valence-corrected chi connectivity index (χ2v) is 4.97. The van der Waals surface area contributed by atoms with Crippen molar-refractivity contribution in [1.29, 1.82) is 0 Å². The summed E-state index contributed by atoms with van der Waals surface area (Å²) < 4.78 is 16.0. The second-order valence-electron chi connectivity index (χ2n) is 4.97. The summed E-state index contributed by atoms with van der Waals surface area (Å²) in [6.45, 7) is 4.94. The molecule has 1 aliphatic heterocycles. The molecular formula is C15H23NO3. The van der Waals surface area contributed by atoms with E-state index in [2.05, 4.69) is 18.3 Å². The van der Waals surface area contributed by atoms with Gasteiger partial charge in [-0.2, -0.15) is 0 Å². The van der Waals surface area contributed by atoms with Crippen molar-refractivity contribution in [3.8, 4) is 11.5 Å². The second kappa shape index (κ2) is 6.78. The fourth-order valence-electron chi connectivity index (χ4n) is 2.33. The van der Waals surface area contributed by atoms with Crippen LogP contribution in [0.2, 0.25) is 0 Å². The largest absolute Gasteiger partial charge is 0.493 e. The minimum atomic E-state index is 0.292. The molecule has 0 aliphatic carbocycles. The summed E-state index contributed by atoms with van der Waals surface area (Å²) in [5.74, 6) is 2.18. The topological polar surface area (TPSA) is 39.7 Å². The summed E-state index contributed by atoms with van der Waals surface area (Å²) in [5.41, 5.74) is 1.21. The highest BCUT2D eigenvalue weighted by molar-refractivity contribution is 5.43. The van der Waals surface area contributed by atoms with Crippen LogP contribution in [0.1, 0.15) is 24.9 Å². The summed E-state index contributed by atoms with van der Waals surface area (Å²) in [6, 6.07) is 6.34. The van der Waals surface area contributed by atoms with Crippen LogP contribution in [0.3, 0.4) is 0 Å². The maximum atomic E-state index is 5.39. The van der Waals surface area contributed by atoms with Crippen molar-refractivity contribution in [2.75, 3.05) is 34.0 Å². The summed E-state index contributed by atoms with van der Waals surface area (Å²) in [7, 11) is 3.31. The number of methoxy groups -OCH3 is 2. The Morgan fingerprint density at radius 1 is 1.32 bits per heavy atom. The highest BCUT2D eigenvalue weighted by atomic mass is 16.5. The van der Waals surface area contributed by atoms with Crippen LogP contribution >= 0.6 is 0 Å². The Morgan fingerprint density at radius 2 is 2.11 bits per heavy atom. The van der Waals surface area contributed by atoms with Gasteiger partial charge in [0.25, 0.3) is 0 Å². The van der Waals surface area contributed by atoms with Crippen molar-refractivity contribution in [3.63, 3.8) is 0 Å². The normalized spacial score (nSPS) is 20.3. The van der Waals surface area contributed by atoms with E-state index in [4.69, 9.17) is 14.2 Å². The molecule has 2 rings (SSSR count). The lowest BCUT2D eigenvalue weighted by molar-refractivity contribution is 0.184. The van der Waals surface area contributed by atoms with Gasteiger partial charge in [-0.3, -0.25) is 0 Å². The third-order valence-corrected chi connectivity index (χ3v) is 3.64. The summed E-state index contributed by atoms with van der Waals surface area (Å²) >= 11 is 0. The lowest BCUT2D eigenvalue weighted by Gasteiger charge is -2.18. The van der Waals surface area contributed by atoms with Gasteiger partial charge in [-0.15, -0.1) is 0 Å². The first-order valence-electron chi connectivity index (χ1n) is 6.77. The molecule has 1 N–H and O–H groups in total. The van der Waals surface area contributed by atoms with E-state index >= 15 is 0 Å². The Morgan fingerprint density at radius 3 is 2.74 bits per heavy atom. The van der Waals surface area contributed by atoms with Crippen LogP contribution in [0.15, 0.2) is 18.2 Å². The Labute approximate surface area is 115 Å². The molecule has 1 saturated heterocycles. The lowest BCUT2D eigenvalue weighted by atomic mass is 10.1. The van der Waals surface area contributed by atoms with Gasteiger partial charge in [-0.25, -0.2) is 0 Å². The quantitative estimate of drug-likeness (QED) is 0.857. The predicted molar refractivity (Wildman–Crippen MR) is 74.9 cm³/mol. The predicted octanol–water partition coefficient (Wildman–Crippen LogP) is 2.39. The van der Waals surface area contributed by atoms with Gasteiger partial charge in [-0.05, 0) is 37.0 Å². The van der Waals surface area contributed by atoms with Gasteiger partial charge >= 0.3 is 0 Å². The fraction of sp³-hybridized carbons (Fsp3) is 0.600. The van der Waals surface area contributed by atoms with Gasteiger partial charge < -0.3 is 19.5 Å². The van der Waals surface area contributed by atoms with Gasteiger partial charge in [0.1, 0.15) is 0 Å². The summed E-state index contributed by atoms with van der Waals surface area (Å²) in [6.07, 6.45) is 1.16. The number of rotatable bonds is 6. The molecule has 4 nitrogen and oxygen atoms in total. The van der Waals surface area contributed by atoms with E-state index in [1.165, 1.54) is 5.56 Å². The number of hydrogen-bond donors (Lipinski definition) is 1. The molecule has 0 aromatic heterocycles. The van der Waals surface area contributed by atoms with Crippen LogP contribution in [0.5, 0.6) is 11.5 Å². The molecular weight excluding hydrogens is 242 g/mol. The van der Waals surface area contributed by atoms with Crippen molar-refractivity contribution in [3.05, 3.63) is 23.8 Å². The zero-order valence-electron chi connectivity index (χ0n) is 11.9. The zero-order chi connectivity index (χ0) is 13.7. The maximum Gasteiger partial charge on any atom is 0.161 e. The molecule has 1 aliphatic rings. The first-order chi connectivity index (χ1) is 9.24. The summed E-state index contributed by atoms with van der Waals surface area (Å²) in [4.78, 5) is 0. The molecule has 2 atom stereocenters. The smallest absolute Gasteiger partial charge is 0.161 e. The average Bonchev–Trinajstić information content (AvgIpc) is 2.97. The Kier molecular flexibility index (Phi) is 5.05. The van der Waals surface area contributed by atoms with Gasteiger partial charge in [0, 0.05) is 19.2 Å². The number of benzene rings is 1. The van der Waals surface area contributed by atoms with Crippen LogP contribution in [-0.4, -0.2) is 34.0 Å². The zero-order valence-corrected chi connectivity index (χ0v) is 11.9. The van der Waals surface area contributed by atoms with E-state index in [1.54, 1.807) is 14.2 Å². The lowest BCUT2D eigenvalue weighted by Crippen LogP contribution is -2.26. The van der Waals surface area contributed by atoms with Crippen LogP contribution in [-0.2, 0) is 4.74 Å². The van der Waals surface area contributed by atoms with Crippen molar-refractivity contribution < 1.29 is 14.2 Å². The van der Waals surface area contributed by atoms with E-state index in [1.807, 2.05) is 12.1 Å². The highest BCUT2D eigenvalue weighted by Crippen LogP contribution is 2.29. The summed E-state index contributed by atoms with van der Waals surface area (Å²) in [5, 5.41) is 3.55. The molecule has 0 radical (unpaired) electrons. The average molecular weight is 265 g/mol. The number of ether oxygens (including phenoxy) is 3. The third kappa shape index (κ3) is 3.61. The van der Waals surface area contributed by atoms with Gasteiger partial charge in [0.2, 0.25) is 0 Å². The first kappa shape index (κ1) is 14.2. The van der Waals surface area contributed by atoms with Crippen LogP contribution in [0.25, 0.3) is 0 Å². The Hall–Kier alpha value is -1.26. The molecule has 0 amide bonds. The molecule has 1 aromatic rings. The Bertz CT molecular complexity index is 402. The molecule has 0 spiro atoms.